The summed E-state index contributed by atoms with van der Waals surface area (Å²) in [7, 11) is 1.50. The average molecular weight is 457 g/mol. The molecule has 0 atom stereocenters. The van der Waals surface area contributed by atoms with Gasteiger partial charge in [0.2, 0.25) is 0 Å². The Labute approximate surface area is 191 Å². The van der Waals surface area contributed by atoms with Crippen molar-refractivity contribution in [2.45, 2.75) is 33.8 Å². The van der Waals surface area contributed by atoms with Crippen LogP contribution in [0.1, 0.15) is 46.0 Å². The van der Waals surface area contributed by atoms with Gasteiger partial charge in [-0.3, -0.25) is 20.4 Å². The highest BCUT2D eigenvalue weighted by Gasteiger charge is 2.15. The lowest BCUT2D eigenvalue weighted by Gasteiger charge is -2.14. The van der Waals surface area contributed by atoms with Crippen molar-refractivity contribution in [3.63, 3.8) is 0 Å². The predicted molar refractivity (Wildman–Crippen MR) is 122 cm³/mol. The Morgan fingerprint density at radius 1 is 0.969 bits per heavy atom. The van der Waals surface area contributed by atoms with Crippen LogP contribution in [0.15, 0.2) is 42.5 Å². The molecule has 0 spiro atoms. The Hall–Kier alpha value is -3.52. The normalized spacial score (nSPS) is 10.7. The number of methoxy groups -OCH3 is 1. The average Bonchev–Trinajstić information content (AvgIpc) is 3.04. The molecule has 8 nitrogen and oxygen atoms in total. The van der Waals surface area contributed by atoms with Gasteiger partial charge in [0.25, 0.3) is 11.8 Å². The molecule has 0 aliphatic rings. The van der Waals surface area contributed by atoms with Gasteiger partial charge in [0, 0.05) is 11.1 Å². The van der Waals surface area contributed by atoms with E-state index in [1.165, 1.54) is 7.11 Å². The largest absolute Gasteiger partial charge is 0.493 e. The van der Waals surface area contributed by atoms with Crippen molar-refractivity contribution in [1.82, 2.24) is 20.6 Å². The molecule has 3 rings (SSSR count). The third kappa shape index (κ3) is 5.03. The molecule has 0 bridgehead atoms. The van der Waals surface area contributed by atoms with Crippen LogP contribution >= 0.6 is 11.6 Å². The number of nitrogens with zero attached hydrogens (tertiary/aromatic N) is 2. The number of carbonyl (C=O) groups excluding carboxylic acids is 2. The van der Waals surface area contributed by atoms with Gasteiger partial charge in [0.15, 0.2) is 11.5 Å². The van der Waals surface area contributed by atoms with Gasteiger partial charge in [0.1, 0.15) is 0 Å². The molecule has 2 amide bonds. The number of nitrogens with one attached hydrogen (secondary N) is 2. The van der Waals surface area contributed by atoms with E-state index in [1.54, 1.807) is 47.1 Å². The molecule has 2 aromatic carbocycles. The van der Waals surface area contributed by atoms with E-state index in [1.807, 2.05) is 27.7 Å². The summed E-state index contributed by atoms with van der Waals surface area (Å²) < 4.78 is 12.6. The third-order valence-electron chi connectivity index (χ3n) is 4.66. The van der Waals surface area contributed by atoms with Gasteiger partial charge in [-0.15, -0.1) is 0 Å². The Bertz CT molecular complexity index is 1140. The number of rotatable bonds is 6. The lowest BCUT2D eigenvalue weighted by Crippen LogP contribution is -2.41. The highest BCUT2D eigenvalue weighted by Crippen LogP contribution is 2.29. The molecule has 0 radical (unpaired) electrons. The van der Waals surface area contributed by atoms with E-state index in [4.69, 9.17) is 21.1 Å². The lowest BCUT2D eigenvalue weighted by molar-refractivity contribution is 0.0846. The minimum Gasteiger partial charge on any atom is -0.493 e. The first kappa shape index (κ1) is 23.1. The number of hydrogen-bond donors (Lipinski definition) is 2. The molecule has 0 unspecified atom stereocenters. The minimum absolute atomic E-state index is 0.0347. The molecule has 3 aromatic rings. The number of hydrazine groups is 1. The standard InChI is InChI=1S/C23H25ClN4O4/c1-13(2)32-19-11-8-17(12-20(19)31-5)23(30)26-25-22(29)16-6-9-18(10-7-16)28-15(4)21(24)14(3)27-28/h6-13H,1-5H3,(H,25,29)(H,26,30). The molecule has 2 N–H and O–H groups in total. The van der Waals surface area contributed by atoms with E-state index in [-0.39, 0.29) is 6.10 Å². The number of halogens is 1. The first-order chi connectivity index (χ1) is 15.2. The molecule has 168 valence electrons. The Kier molecular flexibility index (Phi) is 7.05. The summed E-state index contributed by atoms with van der Waals surface area (Å²) in [6.07, 6.45) is -0.0347. The highest BCUT2D eigenvalue weighted by atomic mass is 35.5. The van der Waals surface area contributed by atoms with Crippen molar-refractivity contribution in [3.8, 4) is 17.2 Å². The van der Waals surface area contributed by atoms with Crippen molar-refractivity contribution < 1.29 is 19.1 Å². The SMILES string of the molecule is COc1cc(C(=O)NNC(=O)c2ccc(-n3nc(C)c(Cl)c3C)cc2)ccc1OC(C)C. The second-order valence-electron chi connectivity index (χ2n) is 7.38. The Morgan fingerprint density at radius 3 is 2.09 bits per heavy atom. The molecular formula is C23H25ClN4O4. The van der Waals surface area contributed by atoms with E-state index in [2.05, 4.69) is 16.0 Å². The topological polar surface area (TPSA) is 94.5 Å². The Balaban J connectivity index is 1.65. The number of aromatic nitrogens is 2. The fourth-order valence-corrected chi connectivity index (χ4v) is 3.16. The first-order valence-corrected chi connectivity index (χ1v) is 10.4. The van der Waals surface area contributed by atoms with Gasteiger partial charge in [-0.1, -0.05) is 11.6 Å². The second kappa shape index (κ2) is 9.74. The van der Waals surface area contributed by atoms with Gasteiger partial charge >= 0.3 is 0 Å². The lowest BCUT2D eigenvalue weighted by atomic mass is 10.2. The van der Waals surface area contributed by atoms with Crippen molar-refractivity contribution in [2.24, 2.45) is 0 Å². The van der Waals surface area contributed by atoms with E-state index < -0.39 is 11.8 Å². The van der Waals surface area contributed by atoms with E-state index in [0.29, 0.717) is 27.6 Å². The van der Waals surface area contributed by atoms with Crippen LogP contribution in [0.4, 0.5) is 0 Å². The number of amides is 2. The summed E-state index contributed by atoms with van der Waals surface area (Å²) in [4.78, 5) is 24.9. The van der Waals surface area contributed by atoms with Crippen molar-refractivity contribution >= 4 is 23.4 Å². The molecule has 0 aliphatic heterocycles. The van der Waals surface area contributed by atoms with Gasteiger partial charge < -0.3 is 9.47 Å². The quantitative estimate of drug-likeness (QED) is 0.546. The maximum Gasteiger partial charge on any atom is 0.269 e. The molecular weight excluding hydrogens is 432 g/mol. The molecule has 0 fully saturated rings. The number of aryl methyl sites for hydroxylation is 1. The summed E-state index contributed by atoms with van der Waals surface area (Å²) in [6, 6.07) is 11.6. The summed E-state index contributed by atoms with van der Waals surface area (Å²) >= 11 is 6.20. The summed E-state index contributed by atoms with van der Waals surface area (Å²) in [5.74, 6) is 0.0225. The smallest absolute Gasteiger partial charge is 0.269 e. The van der Waals surface area contributed by atoms with Gasteiger partial charge in [-0.25, -0.2) is 4.68 Å². The monoisotopic (exact) mass is 456 g/mol. The van der Waals surface area contributed by atoms with Crippen molar-refractivity contribution in [3.05, 3.63) is 70.0 Å². The molecule has 1 heterocycles. The molecule has 0 aliphatic carbocycles. The van der Waals surface area contributed by atoms with Crippen LogP contribution in [-0.4, -0.2) is 34.8 Å². The number of hydrogen-bond acceptors (Lipinski definition) is 5. The zero-order valence-corrected chi connectivity index (χ0v) is 19.3. The van der Waals surface area contributed by atoms with Gasteiger partial charge in [-0.05, 0) is 70.2 Å². The van der Waals surface area contributed by atoms with E-state index in [0.717, 1.165) is 17.1 Å². The van der Waals surface area contributed by atoms with E-state index >= 15 is 0 Å². The second-order valence-corrected chi connectivity index (χ2v) is 7.76. The van der Waals surface area contributed by atoms with Crippen LogP contribution < -0.4 is 20.3 Å². The first-order valence-electron chi connectivity index (χ1n) is 9.98. The van der Waals surface area contributed by atoms with Crippen LogP contribution in [0.2, 0.25) is 5.02 Å². The van der Waals surface area contributed by atoms with Crippen molar-refractivity contribution in [1.29, 1.82) is 0 Å². The van der Waals surface area contributed by atoms with Crippen LogP contribution in [0.5, 0.6) is 11.5 Å². The molecule has 9 heteroatoms. The van der Waals surface area contributed by atoms with Crippen LogP contribution in [-0.2, 0) is 0 Å². The Morgan fingerprint density at radius 2 is 1.56 bits per heavy atom. The van der Waals surface area contributed by atoms with E-state index in [9.17, 15) is 9.59 Å². The third-order valence-corrected chi connectivity index (χ3v) is 5.20. The molecule has 1 aromatic heterocycles. The maximum atomic E-state index is 12.4. The van der Waals surface area contributed by atoms with Crippen LogP contribution in [0.3, 0.4) is 0 Å². The highest BCUT2D eigenvalue weighted by molar-refractivity contribution is 6.31. The van der Waals surface area contributed by atoms with Gasteiger partial charge in [0.05, 0.1) is 35.3 Å². The van der Waals surface area contributed by atoms with Crippen LogP contribution in [0.25, 0.3) is 5.69 Å². The number of carbonyl (C=O) groups is 2. The summed E-state index contributed by atoms with van der Waals surface area (Å²) in [5, 5.41) is 5.00. The maximum absolute atomic E-state index is 12.4. The van der Waals surface area contributed by atoms with Crippen LogP contribution in [0, 0.1) is 13.8 Å². The van der Waals surface area contributed by atoms with Crippen molar-refractivity contribution in [2.75, 3.05) is 7.11 Å². The zero-order valence-electron chi connectivity index (χ0n) is 18.5. The minimum atomic E-state index is -0.485. The molecule has 0 saturated carbocycles. The zero-order chi connectivity index (χ0) is 23.4. The fourth-order valence-electron chi connectivity index (χ4n) is 3.05. The number of ether oxygens (including phenoxy) is 2. The molecule has 32 heavy (non-hydrogen) atoms. The predicted octanol–water partition coefficient (Wildman–Crippen LogP) is 4.01. The number of benzene rings is 2. The summed E-state index contributed by atoms with van der Waals surface area (Å²) in [6.45, 7) is 7.49. The summed E-state index contributed by atoms with van der Waals surface area (Å²) in [5.41, 5.74) is 7.82. The molecule has 0 saturated heterocycles. The fraction of sp³-hybridized carbons (Fsp3) is 0.261. The van der Waals surface area contributed by atoms with Gasteiger partial charge in [-0.2, -0.15) is 5.10 Å².